The Bertz CT molecular complexity index is 670. The van der Waals surface area contributed by atoms with Crippen LogP contribution in [-0.4, -0.2) is 23.3 Å². The summed E-state index contributed by atoms with van der Waals surface area (Å²) in [6.45, 7) is 0.0855. The lowest BCUT2D eigenvalue weighted by molar-refractivity contribution is -0.121. The van der Waals surface area contributed by atoms with Crippen LogP contribution in [-0.2, 0) is 11.2 Å². The number of hydrogen-bond donors (Lipinski definition) is 3. The maximum Gasteiger partial charge on any atom is 0.267 e. The summed E-state index contributed by atoms with van der Waals surface area (Å²) in [5, 5.41) is 3.04. The minimum atomic E-state index is -0.583. The first-order valence-corrected chi connectivity index (χ1v) is 6.99. The van der Waals surface area contributed by atoms with Crippen molar-refractivity contribution in [1.82, 2.24) is 10.3 Å². The normalized spacial score (nSPS) is 11.9. The molecule has 5 nitrogen and oxygen atoms in total. The summed E-state index contributed by atoms with van der Waals surface area (Å²) >= 11 is 5.72. The Labute approximate surface area is 131 Å². The number of nitrogens with two attached hydrogens (primary N) is 1. The summed E-state index contributed by atoms with van der Waals surface area (Å²) in [6.07, 6.45) is 1.81. The number of aromatic amines is 1. The van der Waals surface area contributed by atoms with E-state index in [1.807, 2.05) is 0 Å². The molecule has 0 saturated carbocycles. The van der Waals surface area contributed by atoms with Gasteiger partial charge in [-0.15, -0.1) is 0 Å². The van der Waals surface area contributed by atoms with Crippen molar-refractivity contribution in [3.05, 3.63) is 58.6 Å². The molecule has 1 atom stereocenters. The van der Waals surface area contributed by atoms with Gasteiger partial charge < -0.3 is 16.0 Å². The highest BCUT2D eigenvalue weighted by Crippen LogP contribution is 2.11. The molecule has 0 fully saturated rings. The number of hydrogen-bond acceptors (Lipinski definition) is 2. The maximum absolute atomic E-state index is 12.9. The summed E-state index contributed by atoms with van der Waals surface area (Å²) in [7, 11) is 0. The van der Waals surface area contributed by atoms with E-state index in [2.05, 4.69) is 10.3 Å². The van der Waals surface area contributed by atoms with Gasteiger partial charge in [0.25, 0.3) is 5.91 Å². The van der Waals surface area contributed by atoms with Crippen molar-refractivity contribution in [2.75, 3.05) is 6.54 Å². The number of primary amides is 1. The molecule has 4 N–H and O–H groups in total. The molecular formula is C15H15ClFN3O2. The van der Waals surface area contributed by atoms with Crippen LogP contribution >= 0.6 is 11.6 Å². The second-order valence-corrected chi connectivity index (χ2v) is 5.31. The minimum absolute atomic E-state index is 0.0855. The largest absolute Gasteiger partial charge is 0.369 e. The molecular weight excluding hydrogens is 309 g/mol. The van der Waals surface area contributed by atoms with E-state index in [1.165, 1.54) is 24.4 Å². The third-order valence-corrected chi connectivity index (χ3v) is 3.42. The van der Waals surface area contributed by atoms with Gasteiger partial charge in [0.1, 0.15) is 11.5 Å². The summed E-state index contributed by atoms with van der Waals surface area (Å²) in [6, 6.07) is 7.27. The average molecular weight is 324 g/mol. The van der Waals surface area contributed by atoms with E-state index in [0.29, 0.717) is 17.1 Å². The molecule has 1 aromatic heterocycles. The van der Waals surface area contributed by atoms with Gasteiger partial charge in [0.05, 0.1) is 10.9 Å². The molecule has 0 radical (unpaired) electrons. The molecule has 1 aromatic carbocycles. The van der Waals surface area contributed by atoms with Gasteiger partial charge in [-0.2, -0.15) is 0 Å². The van der Waals surface area contributed by atoms with Crippen molar-refractivity contribution in [3.63, 3.8) is 0 Å². The standard InChI is InChI=1S/C15H15ClFN3O2/c16-11-6-13(19-8-11)15(22)20-7-10(14(18)21)5-9-1-3-12(17)4-2-9/h1-4,6,8,10,19H,5,7H2,(H2,18,21)(H,20,22)/t10-/m0/s1. The Morgan fingerprint density at radius 3 is 2.55 bits per heavy atom. The lowest BCUT2D eigenvalue weighted by atomic mass is 9.98. The summed E-state index contributed by atoms with van der Waals surface area (Å²) in [5.74, 6) is -1.84. The van der Waals surface area contributed by atoms with Crippen LogP contribution in [0, 0.1) is 11.7 Å². The number of rotatable bonds is 6. The quantitative estimate of drug-likeness (QED) is 0.758. The van der Waals surface area contributed by atoms with E-state index < -0.39 is 11.8 Å². The number of amides is 2. The van der Waals surface area contributed by atoms with E-state index in [-0.39, 0.29) is 18.3 Å². The third-order valence-electron chi connectivity index (χ3n) is 3.20. The van der Waals surface area contributed by atoms with Crippen molar-refractivity contribution < 1.29 is 14.0 Å². The fourth-order valence-electron chi connectivity index (χ4n) is 1.99. The number of benzene rings is 1. The van der Waals surface area contributed by atoms with E-state index in [1.54, 1.807) is 12.1 Å². The SMILES string of the molecule is NC(=O)[C@H](CNC(=O)c1cc(Cl)c[nH]1)Cc1ccc(F)cc1. The topological polar surface area (TPSA) is 88.0 Å². The van der Waals surface area contributed by atoms with Gasteiger partial charge in [-0.3, -0.25) is 9.59 Å². The number of aromatic nitrogens is 1. The van der Waals surface area contributed by atoms with E-state index in [0.717, 1.165) is 5.56 Å². The Kier molecular flexibility index (Phi) is 5.16. The van der Waals surface area contributed by atoms with Gasteiger partial charge in [-0.1, -0.05) is 23.7 Å². The predicted molar refractivity (Wildman–Crippen MR) is 80.9 cm³/mol. The van der Waals surface area contributed by atoms with Gasteiger partial charge >= 0.3 is 0 Å². The van der Waals surface area contributed by atoms with E-state index in [4.69, 9.17) is 17.3 Å². The first-order chi connectivity index (χ1) is 10.5. The van der Waals surface area contributed by atoms with Crippen LogP contribution in [0.4, 0.5) is 4.39 Å². The summed E-state index contributed by atoms with van der Waals surface area (Å²) in [4.78, 5) is 26.1. The molecule has 0 aliphatic carbocycles. The lowest BCUT2D eigenvalue weighted by Crippen LogP contribution is -2.37. The monoisotopic (exact) mass is 323 g/mol. The molecule has 2 amide bonds. The van der Waals surface area contributed by atoms with Crippen LogP contribution in [0.2, 0.25) is 5.02 Å². The Morgan fingerprint density at radius 1 is 1.32 bits per heavy atom. The van der Waals surface area contributed by atoms with Crippen LogP contribution in [0.15, 0.2) is 36.5 Å². The smallest absolute Gasteiger partial charge is 0.267 e. The molecule has 22 heavy (non-hydrogen) atoms. The van der Waals surface area contributed by atoms with Gasteiger partial charge in [0, 0.05) is 12.7 Å². The molecule has 2 rings (SSSR count). The molecule has 0 saturated heterocycles. The highest BCUT2D eigenvalue weighted by Gasteiger charge is 2.18. The fourth-order valence-corrected chi connectivity index (χ4v) is 2.15. The molecule has 2 aromatic rings. The van der Waals surface area contributed by atoms with Crippen LogP contribution in [0.25, 0.3) is 0 Å². The van der Waals surface area contributed by atoms with Crippen molar-refractivity contribution in [3.8, 4) is 0 Å². The fraction of sp³-hybridized carbons (Fsp3) is 0.200. The number of carbonyl (C=O) groups excluding carboxylic acids is 2. The number of carbonyl (C=O) groups is 2. The predicted octanol–water partition coefficient (Wildman–Crippen LogP) is 1.88. The number of nitrogens with one attached hydrogen (secondary N) is 2. The second-order valence-electron chi connectivity index (χ2n) is 4.87. The molecule has 7 heteroatoms. The van der Waals surface area contributed by atoms with Gasteiger partial charge in [-0.25, -0.2) is 4.39 Å². The molecule has 0 bridgehead atoms. The third kappa shape index (κ3) is 4.33. The van der Waals surface area contributed by atoms with E-state index in [9.17, 15) is 14.0 Å². The zero-order valence-corrected chi connectivity index (χ0v) is 12.4. The first-order valence-electron chi connectivity index (χ1n) is 6.61. The Balaban J connectivity index is 1.95. The zero-order valence-electron chi connectivity index (χ0n) is 11.6. The number of halogens is 2. The molecule has 0 aliphatic heterocycles. The highest BCUT2D eigenvalue weighted by atomic mass is 35.5. The van der Waals surface area contributed by atoms with E-state index >= 15 is 0 Å². The van der Waals surface area contributed by atoms with Crippen LogP contribution in [0.3, 0.4) is 0 Å². The molecule has 0 spiro atoms. The van der Waals surface area contributed by atoms with Crippen LogP contribution < -0.4 is 11.1 Å². The molecule has 116 valence electrons. The van der Waals surface area contributed by atoms with Crippen molar-refractivity contribution in [1.29, 1.82) is 0 Å². The minimum Gasteiger partial charge on any atom is -0.369 e. The van der Waals surface area contributed by atoms with Gasteiger partial charge in [0.2, 0.25) is 5.91 Å². The Hall–Kier alpha value is -2.34. The summed E-state index contributed by atoms with van der Waals surface area (Å²) < 4.78 is 12.9. The molecule has 0 aliphatic rings. The van der Waals surface area contributed by atoms with Crippen LogP contribution in [0.1, 0.15) is 16.1 Å². The first kappa shape index (κ1) is 16.0. The highest BCUT2D eigenvalue weighted by molar-refractivity contribution is 6.30. The van der Waals surface area contributed by atoms with Gasteiger partial charge in [0.15, 0.2) is 0 Å². The zero-order chi connectivity index (χ0) is 16.1. The maximum atomic E-state index is 12.9. The lowest BCUT2D eigenvalue weighted by Gasteiger charge is -2.14. The Morgan fingerprint density at radius 2 is 2.00 bits per heavy atom. The molecule has 1 heterocycles. The molecule has 0 unspecified atom stereocenters. The summed E-state index contributed by atoms with van der Waals surface area (Å²) in [5.41, 5.74) is 6.42. The van der Waals surface area contributed by atoms with Crippen LogP contribution in [0.5, 0.6) is 0 Å². The number of H-pyrrole nitrogens is 1. The van der Waals surface area contributed by atoms with Gasteiger partial charge in [-0.05, 0) is 30.2 Å². The average Bonchev–Trinajstić information content (AvgIpc) is 2.91. The second kappa shape index (κ2) is 7.09. The van der Waals surface area contributed by atoms with Crippen molar-refractivity contribution >= 4 is 23.4 Å². The van der Waals surface area contributed by atoms with Crippen molar-refractivity contribution in [2.24, 2.45) is 11.7 Å². The van der Waals surface area contributed by atoms with Crippen molar-refractivity contribution in [2.45, 2.75) is 6.42 Å².